The second-order valence-electron chi connectivity index (χ2n) is 8.10. The highest BCUT2D eigenvalue weighted by molar-refractivity contribution is 6.04. The van der Waals surface area contributed by atoms with E-state index in [2.05, 4.69) is 6.07 Å². The summed E-state index contributed by atoms with van der Waals surface area (Å²) in [5, 5.41) is 9.74. The maximum absolute atomic E-state index is 13.5. The quantitative estimate of drug-likeness (QED) is 0.780. The molecule has 0 aliphatic carbocycles. The van der Waals surface area contributed by atoms with Gasteiger partial charge in [0, 0.05) is 23.8 Å². The molecule has 3 saturated heterocycles. The number of carbonyl (C=O) groups excluding carboxylic acids is 1. The number of fused-ring (bicyclic) bond motifs is 7. The number of rotatable bonds is 1. The van der Waals surface area contributed by atoms with E-state index in [1.807, 2.05) is 36.1 Å². The maximum Gasteiger partial charge on any atom is 0.310 e. The van der Waals surface area contributed by atoms with Crippen LogP contribution in [0.15, 0.2) is 30.4 Å². The van der Waals surface area contributed by atoms with Crippen LogP contribution in [0.5, 0.6) is 0 Å². The van der Waals surface area contributed by atoms with E-state index in [-0.39, 0.29) is 24.0 Å². The van der Waals surface area contributed by atoms with Crippen LogP contribution in [0.2, 0.25) is 0 Å². The Labute approximate surface area is 150 Å². The van der Waals surface area contributed by atoms with Crippen molar-refractivity contribution in [1.82, 2.24) is 0 Å². The first-order valence-corrected chi connectivity index (χ1v) is 9.18. The molecule has 2 bridgehead atoms. The van der Waals surface area contributed by atoms with Crippen LogP contribution in [0.25, 0.3) is 0 Å². The molecule has 1 aromatic carbocycles. The number of aliphatic carboxylic acids is 1. The highest BCUT2D eigenvalue weighted by Crippen LogP contribution is 2.62. The Morgan fingerprint density at radius 2 is 2.23 bits per heavy atom. The second-order valence-corrected chi connectivity index (χ2v) is 8.10. The number of aryl methyl sites for hydroxylation is 1. The molecular formula is C20H19NO5. The van der Waals surface area contributed by atoms with Crippen molar-refractivity contribution in [2.75, 3.05) is 11.5 Å². The lowest BCUT2D eigenvalue weighted by Gasteiger charge is -2.44. The molecule has 1 aromatic rings. The van der Waals surface area contributed by atoms with Crippen molar-refractivity contribution in [1.29, 1.82) is 0 Å². The molecule has 0 saturated carbocycles. The van der Waals surface area contributed by atoms with Gasteiger partial charge in [0.05, 0.1) is 24.2 Å². The molecule has 5 heterocycles. The molecule has 0 aromatic heterocycles. The van der Waals surface area contributed by atoms with Gasteiger partial charge in [0.1, 0.15) is 11.5 Å². The van der Waals surface area contributed by atoms with Crippen molar-refractivity contribution in [3.8, 4) is 0 Å². The molecule has 1 amide bonds. The summed E-state index contributed by atoms with van der Waals surface area (Å²) in [6.45, 7) is 2.68. The lowest BCUT2D eigenvalue weighted by molar-refractivity contribution is -0.146. The normalized spacial score (nSPS) is 44.0. The van der Waals surface area contributed by atoms with Crippen LogP contribution in [0.4, 0.5) is 5.69 Å². The first kappa shape index (κ1) is 14.9. The van der Waals surface area contributed by atoms with Gasteiger partial charge < -0.3 is 19.5 Å². The molecule has 5 aliphatic rings. The Morgan fingerprint density at radius 3 is 3.04 bits per heavy atom. The van der Waals surface area contributed by atoms with Gasteiger partial charge in [-0.25, -0.2) is 0 Å². The smallest absolute Gasteiger partial charge is 0.310 e. The third kappa shape index (κ3) is 1.48. The van der Waals surface area contributed by atoms with Crippen molar-refractivity contribution in [2.45, 2.75) is 37.2 Å². The first-order chi connectivity index (χ1) is 12.5. The van der Waals surface area contributed by atoms with E-state index >= 15 is 0 Å². The van der Waals surface area contributed by atoms with E-state index in [1.165, 1.54) is 0 Å². The van der Waals surface area contributed by atoms with Crippen LogP contribution in [0, 0.1) is 24.7 Å². The summed E-state index contributed by atoms with van der Waals surface area (Å²) in [5.41, 5.74) is 2.17. The molecule has 6 nitrogen and oxygen atoms in total. The summed E-state index contributed by atoms with van der Waals surface area (Å²) in [6, 6.07) is 5.86. The standard InChI is InChI=1S/C20H19NO5/c1-9-2-3-12-11(8-9)16-10(5-7-25-16)17-20-6-4-13(26-20)14(19(23)24)15(20)18(22)21(12)17/h2-4,6,8,10,13-17H,5,7H2,1H3,(H,23,24)/t10-,13-,14+,15+,16-,17-,20-/m1/s1. The summed E-state index contributed by atoms with van der Waals surface area (Å²) in [6.07, 6.45) is 4.07. The van der Waals surface area contributed by atoms with Crippen LogP contribution in [-0.2, 0) is 19.1 Å². The van der Waals surface area contributed by atoms with Crippen molar-refractivity contribution < 1.29 is 24.2 Å². The zero-order valence-electron chi connectivity index (χ0n) is 14.3. The summed E-state index contributed by atoms with van der Waals surface area (Å²) >= 11 is 0. The molecule has 0 radical (unpaired) electrons. The lowest BCUT2D eigenvalue weighted by Crippen LogP contribution is -2.53. The summed E-state index contributed by atoms with van der Waals surface area (Å²) in [5.74, 6) is -2.43. The number of carbonyl (C=O) groups is 2. The van der Waals surface area contributed by atoms with Crippen molar-refractivity contribution in [3.63, 3.8) is 0 Å². The number of carboxylic acids is 1. The zero-order valence-corrected chi connectivity index (χ0v) is 14.3. The fourth-order valence-corrected chi connectivity index (χ4v) is 6.04. The average Bonchev–Trinajstić information content (AvgIpc) is 3.35. The van der Waals surface area contributed by atoms with E-state index in [0.717, 1.165) is 23.2 Å². The SMILES string of the molecule is Cc1ccc2c(c1)[C@@H]1OCC[C@H]1[C@H]1N2C(=O)[C@@H]2[C@@H](C(=O)O)[C@H]3C=C[C@@]21O3. The largest absolute Gasteiger partial charge is 0.481 e. The highest BCUT2D eigenvalue weighted by Gasteiger charge is 2.74. The highest BCUT2D eigenvalue weighted by atomic mass is 16.5. The Hall–Kier alpha value is -2.18. The van der Waals surface area contributed by atoms with Crippen LogP contribution in [0.3, 0.4) is 0 Å². The molecule has 26 heavy (non-hydrogen) atoms. The zero-order chi connectivity index (χ0) is 17.8. The predicted molar refractivity (Wildman–Crippen MR) is 90.6 cm³/mol. The van der Waals surface area contributed by atoms with Crippen LogP contribution in [-0.4, -0.2) is 41.3 Å². The van der Waals surface area contributed by atoms with Crippen molar-refractivity contribution in [3.05, 3.63) is 41.5 Å². The van der Waals surface area contributed by atoms with Gasteiger partial charge in [-0.05, 0) is 19.4 Å². The number of ether oxygens (including phenoxy) is 2. The van der Waals surface area contributed by atoms with Gasteiger partial charge in [0.25, 0.3) is 0 Å². The van der Waals surface area contributed by atoms with Gasteiger partial charge >= 0.3 is 5.97 Å². The Kier molecular flexibility index (Phi) is 2.62. The van der Waals surface area contributed by atoms with Gasteiger partial charge in [-0.2, -0.15) is 0 Å². The molecule has 6 heteroatoms. The molecule has 5 aliphatic heterocycles. The second kappa shape index (κ2) is 4.56. The van der Waals surface area contributed by atoms with Crippen molar-refractivity contribution >= 4 is 17.6 Å². The summed E-state index contributed by atoms with van der Waals surface area (Å²) in [4.78, 5) is 27.2. The minimum atomic E-state index is -0.956. The minimum absolute atomic E-state index is 0.0630. The lowest BCUT2D eigenvalue weighted by atomic mass is 9.70. The van der Waals surface area contributed by atoms with E-state index in [0.29, 0.717) is 6.61 Å². The van der Waals surface area contributed by atoms with E-state index in [1.54, 1.807) is 0 Å². The third-order valence-electron chi connectivity index (χ3n) is 6.91. The average molecular weight is 353 g/mol. The molecular weight excluding hydrogens is 334 g/mol. The Balaban J connectivity index is 1.59. The van der Waals surface area contributed by atoms with Crippen LogP contribution in [0.1, 0.15) is 23.7 Å². The summed E-state index contributed by atoms with van der Waals surface area (Å²) < 4.78 is 12.3. The number of benzene rings is 1. The molecule has 7 atom stereocenters. The van der Waals surface area contributed by atoms with Crippen molar-refractivity contribution in [2.24, 2.45) is 17.8 Å². The van der Waals surface area contributed by atoms with E-state index < -0.39 is 29.5 Å². The van der Waals surface area contributed by atoms with E-state index in [9.17, 15) is 14.7 Å². The summed E-state index contributed by atoms with van der Waals surface area (Å²) in [7, 11) is 0. The predicted octanol–water partition coefficient (Wildman–Crippen LogP) is 1.83. The molecule has 134 valence electrons. The van der Waals surface area contributed by atoms with Gasteiger partial charge in [-0.15, -0.1) is 0 Å². The van der Waals surface area contributed by atoms with E-state index in [4.69, 9.17) is 9.47 Å². The molecule has 1 spiro atoms. The molecule has 6 rings (SSSR count). The fraction of sp³-hybridized carbons (Fsp3) is 0.500. The van der Waals surface area contributed by atoms with Gasteiger partial charge in [-0.1, -0.05) is 29.8 Å². The monoisotopic (exact) mass is 353 g/mol. The maximum atomic E-state index is 13.5. The van der Waals surface area contributed by atoms with Crippen LogP contribution >= 0.6 is 0 Å². The van der Waals surface area contributed by atoms with Gasteiger partial charge in [0.2, 0.25) is 5.91 Å². The number of anilines is 1. The Bertz CT molecular complexity index is 894. The fourth-order valence-electron chi connectivity index (χ4n) is 6.04. The molecule has 3 fully saturated rings. The Morgan fingerprint density at radius 1 is 1.38 bits per heavy atom. The molecule has 0 unspecified atom stereocenters. The van der Waals surface area contributed by atoms with Crippen LogP contribution < -0.4 is 4.90 Å². The van der Waals surface area contributed by atoms with Gasteiger partial charge in [0.15, 0.2) is 0 Å². The number of carboxylic acid groups (broad SMARTS) is 1. The van der Waals surface area contributed by atoms with Gasteiger partial charge in [-0.3, -0.25) is 9.59 Å². The number of amides is 1. The number of nitrogens with zero attached hydrogens (tertiary/aromatic N) is 1. The third-order valence-corrected chi connectivity index (χ3v) is 6.91. The number of hydrogen-bond donors (Lipinski definition) is 1. The number of hydrogen-bond acceptors (Lipinski definition) is 4. The topological polar surface area (TPSA) is 76.1 Å². The first-order valence-electron chi connectivity index (χ1n) is 9.18. The minimum Gasteiger partial charge on any atom is -0.481 e. The molecule has 1 N–H and O–H groups in total.